The zero-order valence-electron chi connectivity index (χ0n) is 18.7. The lowest BCUT2D eigenvalue weighted by Crippen LogP contribution is -2.14. The highest BCUT2D eigenvalue weighted by Gasteiger charge is 2.20. The first-order chi connectivity index (χ1) is 14.2. The Labute approximate surface area is 157 Å². The Kier molecular flexibility index (Phi) is 4.51. The van der Waals surface area contributed by atoms with Gasteiger partial charge in [-0.25, -0.2) is 17.6 Å². The van der Waals surface area contributed by atoms with Crippen molar-refractivity contribution in [2.45, 2.75) is 51.9 Å². The third-order valence-electron chi connectivity index (χ3n) is 5.36. The zero-order chi connectivity index (χ0) is 22.2. The molecule has 0 aliphatic heterocycles. The van der Waals surface area contributed by atoms with Crippen LogP contribution in [0.25, 0.3) is 11.1 Å². The van der Waals surface area contributed by atoms with E-state index in [1.165, 1.54) is 0 Å². The summed E-state index contributed by atoms with van der Waals surface area (Å²) in [6.07, 6.45) is 6.65. The molecule has 0 saturated heterocycles. The normalized spacial score (nSPS) is 22.5. The summed E-state index contributed by atoms with van der Waals surface area (Å²) in [5.74, 6) is -5.60. The Bertz CT molecular complexity index is 924. The Hall–Kier alpha value is -1.84. The maximum absolute atomic E-state index is 14.9. The minimum Gasteiger partial charge on any atom is -0.206 e. The van der Waals surface area contributed by atoms with Crippen molar-refractivity contribution < 1.29 is 23.0 Å². The van der Waals surface area contributed by atoms with Crippen LogP contribution in [0.15, 0.2) is 30.2 Å². The molecule has 0 bridgehead atoms. The van der Waals surface area contributed by atoms with Gasteiger partial charge in [-0.3, -0.25) is 0 Å². The van der Waals surface area contributed by atoms with Crippen molar-refractivity contribution in [1.29, 1.82) is 0 Å². The van der Waals surface area contributed by atoms with Crippen LogP contribution in [-0.2, 0) is 6.42 Å². The quantitative estimate of drug-likeness (QED) is 0.391. The van der Waals surface area contributed by atoms with Crippen molar-refractivity contribution in [2.24, 2.45) is 11.8 Å². The van der Waals surface area contributed by atoms with Gasteiger partial charge in [0.2, 0.25) is 0 Å². The van der Waals surface area contributed by atoms with Crippen LogP contribution in [0.3, 0.4) is 0 Å². The molecule has 0 radical (unpaired) electrons. The van der Waals surface area contributed by atoms with Crippen LogP contribution in [0.2, 0.25) is 0 Å². The van der Waals surface area contributed by atoms with Crippen molar-refractivity contribution in [3.05, 3.63) is 59.1 Å². The standard InChI is InChI=1S/C22H24F4/c1-2-14-3-5-15(6-4-14)7-8-16-9-10-18(19(23)11-16)17-12-20(24)22(26)21(25)13-17/h9-15H,2-8H2,1H3/i9D,11D,12D,13D. The van der Waals surface area contributed by atoms with Crippen LogP contribution in [0.4, 0.5) is 17.6 Å². The van der Waals surface area contributed by atoms with E-state index < -0.39 is 52.5 Å². The van der Waals surface area contributed by atoms with E-state index in [0.717, 1.165) is 50.5 Å². The van der Waals surface area contributed by atoms with Crippen LogP contribution in [0.5, 0.6) is 0 Å². The number of rotatable bonds is 5. The molecule has 26 heavy (non-hydrogen) atoms. The maximum atomic E-state index is 14.9. The van der Waals surface area contributed by atoms with Gasteiger partial charge in [0, 0.05) is 5.56 Å². The van der Waals surface area contributed by atoms with E-state index in [0.29, 0.717) is 12.3 Å². The molecule has 2 aromatic rings. The molecule has 0 aromatic heterocycles. The van der Waals surface area contributed by atoms with E-state index in [4.69, 9.17) is 5.48 Å². The smallest absolute Gasteiger partial charge is 0.194 e. The third-order valence-corrected chi connectivity index (χ3v) is 5.36. The van der Waals surface area contributed by atoms with Gasteiger partial charge in [-0.1, -0.05) is 51.1 Å². The fourth-order valence-corrected chi connectivity index (χ4v) is 3.64. The van der Waals surface area contributed by atoms with Crippen LogP contribution in [-0.4, -0.2) is 0 Å². The van der Waals surface area contributed by atoms with E-state index >= 15 is 0 Å². The summed E-state index contributed by atoms with van der Waals surface area (Å²) in [5.41, 5.74) is -1.21. The first-order valence-electron chi connectivity index (χ1n) is 11.1. The summed E-state index contributed by atoms with van der Waals surface area (Å²) >= 11 is 0. The van der Waals surface area contributed by atoms with Gasteiger partial charge < -0.3 is 0 Å². The van der Waals surface area contributed by atoms with Gasteiger partial charge in [-0.05, 0) is 53.9 Å². The molecule has 0 N–H and O–H groups in total. The first-order valence-corrected chi connectivity index (χ1v) is 9.09. The molecule has 0 amide bonds. The van der Waals surface area contributed by atoms with Gasteiger partial charge in [-0.15, -0.1) is 0 Å². The number of halogens is 4. The van der Waals surface area contributed by atoms with E-state index in [1.807, 2.05) is 0 Å². The SMILES string of the molecule is [2H]c1cc(-c2c([2H])c(F)c(F)c(F)c2[2H])c(F)c([2H])c1CCC1CCC(CC)CC1. The van der Waals surface area contributed by atoms with Crippen molar-refractivity contribution in [3.63, 3.8) is 0 Å². The molecule has 0 heterocycles. The second kappa shape index (κ2) is 8.24. The van der Waals surface area contributed by atoms with Crippen molar-refractivity contribution in [1.82, 2.24) is 0 Å². The number of benzene rings is 2. The molecule has 4 heteroatoms. The van der Waals surface area contributed by atoms with Crippen LogP contribution in [0.1, 0.15) is 56.5 Å². The van der Waals surface area contributed by atoms with Gasteiger partial charge in [0.15, 0.2) is 17.5 Å². The summed E-state index contributed by atoms with van der Waals surface area (Å²) < 4.78 is 87.6. The molecule has 1 aliphatic rings. The van der Waals surface area contributed by atoms with Crippen LogP contribution < -0.4 is 0 Å². The van der Waals surface area contributed by atoms with Crippen molar-refractivity contribution >= 4 is 0 Å². The molecular weight excluding hydrogens is 340 g/mol. The molecule has 0 unspecified atom stereocenters. The van der Waals surface area contributed by atoms with Gasteiger partial charge in [0.1, 0.15) is 5.82 Å². The Balaban J connectivity index is 1.91. The van der Waals surface area contributed by atoms with E-state index in [2.05, 4.69) is 6.92 Å². The predicted octanol–water partition coefficient (Wildman–Crippen LogP) is 7.06. The first kappa shape index (κ1) is 14.2. The largest absolute Gasteiger partial charge is 0.206 e. The fraction of sp³-hybridized carbons (Fsp3) is 0.455. The fourth-order valence-electron chi connectivity index (χ4n) is 3.64. The zero-order valence-corrected chi connectivity index (χ0v) is 14.7. The molecule has 0 spiro atoms. The highest BCUT2D eigenvalue weighted by Crippen LogP contribution is 2.33. The molecule has 0 nitrogen and oxygen atoms in total. The minimum atomic E-state index is -1.97. The summed E-state index contributed by atoms with van der Waals surface area (Å²) in [6, 6.07) is -2.14. The van der Waals surface area contributed by atoms with Crippen molar-refractivity contribution in [2.75, 3.05) is 0 Å². The lowest BCUT2D eigenvalue weighted by molar-refractivity contribution is 0.259. The monoisotopic (exact) mass is 368 g/mol. The molecule has 1 aliphatic carbocycles. The Morgan fingerprint density at radius 3 is 2.15 bits per heavy atom. The number of hydrogen-bond donors (Lipinski definition) is 0. The summed E-state index contributed by atoms with van der Waals surface area (Å²) in [5, 5.41) is 0. The van der Waals surface area contributed by atoms with Gasteiger partial charge >= 0.3 is 0 Å². The molecular formula is C22H24F4. The summed E-state index contributed by atoms with van der Waals surface area (Å²) in [7, 11) is 0. The van der Waals surface area contributed by atoms with Crippen molar-refractivity contribution in [3.8, 4) is 11.1 Å². The number of hydrogen-bond acceptors (Lipinski definition) is 0. The Morgan fingerprint density at radius 1 is 0.923 bits per heavy atom. The average molecular weight is 368 g/mol. The highest BCUT2D eigenvalue weighted by molar-refractivity contribution is 5.64. The topological polar surface area (TPSA) is 0 Å². The van der Waals surface area contributed by atoms with E-state index in [9.17, 15) is 17.6 Å². The molecule has 2 aromatic carbocycles. The molecule has 3 rings (SSSR count). The second-order valence-corrected chi connectivity index (χ2v) is 7.02. The summed E-state index contributed by atoms with van der Waals surface area (Å²) in [4.78, 5) is 0. The highest BCUT2D eigenvalue weighted by atomic mass is 19.2. The maximum Gasteiger partial charge on any atom is 0.194 e. The lowest BCUT2D eigenvalue weighted by atomic mass is 9.78. The molecule has 1 fully saturated rings. The molecule has 140 valence electrons. The van der Waals surface area contributed by atoms with E-state index in [-0.39, 0.29) is 11.6 Å². The Morgan fingerprint density at radius 2 is 1.54 bits per heavy atom. The molecule has 0 atom stereocenters. The van der Waals surface area contributed by atoms with Crippen LogP contribution in [0, 0.1) is 35.1 Å². The van der Waals surface area contributed by atoms with Crippen LogP contribution >= 0.6 is 0 Å². The van der Waals surface area contributed by atoms with Gasteiger partial charge in [-0.2, -0.15) is 0 Å². The predicted molar refractivity (Wildman–Crippen MR) is 95.8 cm³/mol. The van der Waals surface area contributed by atoms with E-state index in [1.54, 1.807) is 0 Å². The van der Waals surface area contributed by atoms with Gasteiger partial charge in [0.05, 0.1) is 5.48 Å². The van der Waals surface area contributed by atoms with Gasteiger partial charge in [0.25, 0.3) is 0 Å². The summed E-state index contributed by atoms with van der Waals surface area (Å²) in [6.45, 7) is 2.18. The second-order valence-electron chi connectivity index (χ2n) is 7.02. The lowest BCUT2D eigenvalue weighted by Gasteiger charge is -2.27. The molecule has 1 saturated carbocycles. The third kappa shape index (κ3) is 4.28. The average Bonchev–Trinajstić information content (AvgIpc) is 2.74. The minimum absolute atomic E-state index is 0.190.